The van der Waals surface area contributed by atoms with Crippen LogP contribution in [0.2, 0.25) is 0 Å². The number of hydrogen-bond donors (Lipinski definition) is 3. The normalized spacial score (nSPS) is 13.8. The molecule has 0 radical (unpaired) electrons. The van der Waals surface area contributed by atoms with Crippen molar-refractivity contribution in [3.63, 3.8) is 0 Å². The molecule has 24 heavy (non-hydrogen) atoms. The van der Waals surface area contributed by atoms with E-state index in [1.807, 2.05) is 20.8 Å². The molecule has 0 spiro atoms. The Labute approximate surface area is 137 Å². The van der Waals surface area contributed by atoms with Crippen LogP contribution in [0.4, 0.5) is 5.82 Å². The molecule has 0 atom stereocenters. The number of phenols is 1. The van der Waals surface area contributed by atoms with E-state index in [-0.39, 0.29) is 33.8 Å². The maximum atomic E-state index is 12.4. The molecule has 4 N–H and O–H groups in total. The van der Waals surface area contributed by atoms with Gasteiger partial charge in [0.05, 0.1) is 16.8 Å². The molecule has 2 heterocycles. The van der Waals surface area contributed by atoms with E-state index in [9.17, 15) is 19.5 Å². The number of pyridine rings is 1. The molecule has 1 aliphatic rings. The number of carbonyl (C=O) groups is 2. The first kappa shape index (κ1) is 15.8. The van der Waals surface area contributed by atoms with Gasteiger partial charge in [-0.05, 0) is 23.1 Å². The van der Waals surface area contributed by atoms with Crippen molar-refractivity contribution in [2.75, 3.05) is 5.73 Å². The van der Waals surface area contributed by atoms with Crippen molar-refractivity contribution in [3.8, 4) is 11.4 Å². The van der Waals surface area contributed by atoms with Crippen molar-refractivity contribution in [1.82, 2.24) is 9.88 Å². The molecule has 7 heteroatoms. The minimum Gasteiger partial charge on any atom is -0.506 e. The lowest BCUT2D eigenvalue weighted by Crippen LogP contribution is -2.24. The van der Waals surface area contributed by atoms with Gasteiger partial charge in [0.25, 0.3) is 17.4 Å². The SMILES string of the molecule is CC(C)(C)c1ccc(O)c(-n2c(N)c3c(cc2=O)C(=O)NC3=O)c1. The van der Waals surface area contributed by atoms with Crippen molar-refractivity contribution >= 4 is 17.6 Å². The number of fused-ring (bicyclic) bond motifs is 1. The number of phenolic OH excluding ortho intramolecular Hbond substituents is 1. The highest BCUT2D eigenvalue weighted by atomic mass is 16.3. The van der Waals surface area contributed by atoms with Crippen LogP contribution in [0.15, 0.2) is 29.1 Å². The highest BCUT2D eigenvalue weighted by Gasteiger charge is 2.32. The molecule has 0 unspecified atom stereocenters. The van der Waals surface area contributed by atoms with Crippen LogP contribution < -0.4 is 16.6 Å². The van der Waals surface area contributed by atoms with Crippen LogP contribution in [0.3, 0.4) is 0 Å². The van der Waals surface area contributed by atoms with Gasteiger partial charge in [0.1, 0.15) is 11.6 Å². The molecular formula is C17H17N3O4. The predicted octanol–water partition coefficient (Wildman–Crippen LogP) is 1.31. The number of rotatable bonds is 1. The van der Waals surface area contributed by atoms with E-state index in [0.29, 0.717) is 0 Å². The van der Waals surface area contributed by atoms with E-state index in [4.69, 9.17) is 5.73 Å². The average molecular weight is 327 g/mol. The molecule has 7 nitrogen and oxygen atoms in total. The Kier molecular flexibility index (Phi) is 3.26. The van der Waals surface area contributed by atoms with E-state index in [1.54, 1.807) is 12.1 Å². The number of aromatic hydroxyl groups is 1. The van der Waals surface area contributed by atoms with Crippen LogP contribution in [-0.4, -0.2) is 21.5 Å². The van der Waals surface area contributed by atoms with Gasteiger partial charge in [-0.2, -0.15) is 0 Å². The Morgan fingerprint density at radius 2 is 1.75 bits per heavy atom. The monoisotopic (exact) mass is 327 g/mol. The van der Waals surface area contributed by atoms with Gasteiger partial charge in [0.2, 0.25) is 0 Å². The zero-order valence-electron chi connectivity index (χ0n) is 13.5. The number of carbonyl (C=O) groups excluding carboxylic acids is 2. The highest BCUT2D eigenvalue weighted by molar-refractivity contribution is 6.23. The second-order valence-electron chi connectivity index (χ2n) is 6.73. The van der Waals surface area contributed by atoms with Crippen molar-refractivity contribution < 1.29 is 14.7 Å². The van der Waals surface area contributed by atoms with Crippen LogP contribution in [-0.2, 0) is 5.41 Å². The number of anilines is 1. The second-order valence-corrected chi connectivity index (χ2v) is 6.73. The molecule has 1 aliphatic heterocycles. The summed E-state index contributed by atoms with van der Waals surface area (Å²) in [5, 5.41) is 12.3. The molecule has 0 saturated heterocycles. The van der Waals surface area contributed by atoms with E-state index >= 15 is 0 Å². The first-order valence-electron chi connectivity index (χ1n) is 7.36. The summed E-state index contributed by atoms with van der Waals surface area (Å²) in [5.41, 5.74) is 6.11. The van der Waals surface area contributed by atoms with E-state index in [2.05, 4.69) is 5.32 Å². The summed E-state index contributed by atoms with van der Waals surface area (Å²) in [6, 6.07) is 5.92. The van der Waals surface area contributed by atoms with Crippen molar-refractivity contribution in [1.29, 1.82) is 0 Å². The van der Waals surface area contributed by atoms with Crippen molar-refractivity contribution in [2.24, 2.45) is 0 Å². The zero-order chi connectivity index (χ0) is 17.8. The van der Waals surface area contributed by atoms with E-state index in [1.165, 1.54) is 6.07 Å². The molecule has 3 rings (SSSR count). The summed E-state index contributed by atoms with van der Waals surface area (Å²) in [6.45, 7) is 5.97. The van der Waals surface area contributed by atoms with Crippen LogP contribution in [0.25, 0.3) is 5.69 Å². The Hall–Kier alpha value is -3.09. The first-order chi connectivity index (χ1) is 11.1. The topological polar surface area (TPSA) is 114 Å². The van der Waals surface area contributed by atoms with Crippen LogP contribution in [0, 0.1) is 0 Å². The summed E-state index contributed by atoms with van der Waals surface area (Å²) in [7, 11) is 0. The summed E-state index contributed by atoms with van der Waals surface area (Å²) in [6.07, 6.45) is 0. The molecule has 1 aromatic heterocycles. The summed E-state index contributed by atoms with van der Waals surface area (Å²) >= 11 is 0. The molecule has 0 fully saturated rings. The third-order valence-corrected chi connectivity index (χ3v) is 4.04. The fraction of sp³-hybridized carbons (Fsp3) is 0.235. The molecule has 0 bridgehead atoms. The maximum absolute atomic E-state index is 12.4. The summed E-state index contributed by atoms with van der Waals surface area (Å²) in [4.78, 5) is 36.1. The molecule has 0 saturated carbocycles. The number of nitrogens with zero attached hydrogens (tertiary/aromatic N) is 1. The standard InChI is InChI=1S/C17H17N3O4/c1-17(2,3)8-4-5-11(21)10(6-8)20-12(22)7-9-13(14(20)18)16(24)19-15(9)23/h4-7,21H,18H2,1-3H3,(H,19,23,24). The molecule has 124 valence electrons. The van der Waals surface area contributed by atoms with Gasteiger partial charge in [-0.15, -0.1) is 0 Å². The van der Waals surface area contributed by atoms with Gasteiger partial charge in [-0.3, -0.25) is 24.3 Å². The van der Waals surface area contributed by atoms with Crippen molar-refractivity contribution in [2.45, 2.75) is 26.2 Å². The first-order valence-corrected chi connectivity index (χ1v) is 7.36. The number of benzene rings is 1. The lowest BCUT2D eigenvalue weighted by molar-refractivity contribution is 0.0880. The number of nitrogen functional groups attached to an aromatic ring is 1. The Morgan fingerprint density at radius 3 is 2.38 bits per heavy atom. The maximum Gasteiger partial charge on any atom is 0.262 e. The van der Waals surface area contributed by atoms with E-state index < -0.39 is 17.4 Å². The highest BCUT2D eigenvalue weighted by Crippen LogP contribution is 2.31. The van der Waals surface area contributed by atoms with Gasteiger partial charge >= 0.3 is 0 Å². The van der Waals surface area contributed by atoms with Crippen LogP contribution in [0.5, 0.6) is 5.75 Å². The Morgan fingerprint density at radius 1 is 1.08 bits per heavy atom. The number of hydrogen-bond acceptors (Lipinski definition) is 5. The molecule has 0 aliphatic carbocycles. The molecular weight excluding hydrogens is 310 g/mol. The lowest BCUT2D eigenvalue weighted by Gasteiger charge is -2.21. The Bertz CT molecular complexity index is 952. The van der Waals surface area contributed by atoms with Gasteiger partial charge < -0.3 is 10.8 Å². The Balaban J connectivity index is 2.33. The second kappa shape index (κ2) is 4.95. The van der Waals surface area contributed by atoms with Crippen LogP contribution >= 0.6 is 0 Å². The quantitative estimate of drug-likeness (QED) is 0.683. The third-order valence-electron chi connectivity index (χ3n) is 4.04. The third kappa shape index (κ3) is 2.25. The van der Waals surface area contributed by atoms with Gasteiger partial charge in [-0.25, -0.2) is 0 Å². The summed E-state index contributed by atoms with van der Waals surface area (Å²) in [5.74, 6) is -1.64. The molecule has 2 amide bonds. The molecule has 1 aromatic carbocycles. The number of nitrogens with one attached hydrogen (secondary N) is 1. The smallest absolute Gasteiger partial charge is 0.262 e. The zero-order valence-corrected chi connectivity index (χ0v) is 13.5. The average Bonchev–Trinajstić information content (AvgIpc) is 2.74. The fourth-order valence-electron chi connectivity index (χ4n) is 2.70. The summed E-state index contributed by atoms with van der Waals surface area (Å²) < 4.78 is 1.04. The number of imide groups is 1. The van der Waals surface area contributed by atoms with Gasteiger partial charge in [0, 0.05) is 6.07 Å². The van der Waals surface area contributed by atoms with Crippen molar-refractivity contribution in [3.05, 3.63) is 51.3 Å². The largest absolute Gasteiger partial charge is 0.506 e. The van der Waals surface area contributed by atoms with E-state index in [0.717, 1.165) is 16.2 Å². The number of nitrogens with two attached hydrogens (primary N) is 1. The van der Waals surface area contributed by atoms with Crippen LogP contribution in [0.1, 0.15) is 47.1 Å². The van der Waals surface area contributed by atoms with Gasteiger partial charge in [0.15, 0.2) is 0 Å². The number of aromatic nitrogens is 1. The minimum atomic E-state index is -0.660. The number of amides is 2. The fourth-order valence-corrected chi connectivity index (χ4v) is 2.70. The van der Waals surface area contributed by atoms with Gasteiger partial charge in [-0.1, -0.05) is 26.8 Å². The lowest BCUT2D eigenvalue weighted by atomic mass is 9.86. The minimum absolute atomic E-state index is 0.0507. The predicted molar refractivity (Wildman–Crippen MR) is 88.6 cm³/mol. The molecule has 2 aromatic rings.